The minimum atomic E-state index is -0.272. The Morgan fingerprint density at radius 1 is 0.484 bits per heavy atom. The molecule has 0 amide bonds. The monoisotopic (exact) mass is 416 g/mol. The van der Waals surface area contributed by atoms with Gasteiger partial charge in [0.25, 0.3) is 0 Å². The van der Waals surface area contributed by atoms with Crippen LogP contribution in [0.5, 0.6) is 0 Å². The van der Waals surface area contributed by atoms with E-state index in [4.69, 9.17) is 11.6 Å². The zero-order chi connectivity index (χ0) is 21.0. The van der Waals surface area contributed by atoms with Gasteiger partial charge in [-0.2, -0.15) is 0 Å². The van der Waals surface area contributed by atoms with Crippen LogP contribution in [0.2, 0.25) is 5.02 Å². The van der Waals surface area contributed by atoms with E-state index >= 15 is 0 Å². The van der Waals surface area contributed by atoms with Crippen LogP contribution in [0, 0.1) is 0 Å². The molecule has 0 saturated carbocycles. The van der Waals surface area contributed by atoms with Crippen LogP contribution < -0.4 is 0 Å². The summed E-state index contributed by atoms with van der Waals surface area (Å²) in [6.45, 7) is 2.36. The highest BCUT2D eigenvalue weighted by atomic mass is 35.5. The Hall–Kier alpha value is -3.35. The van der Waals surface area contributed by atoms with Crippen molar-refractivity contribution >= 4 is 22.4 Å². The summed E-state index contributed by atoms with van der Waals surface area (Å²) in [5.74, 6) is 0. The summed E-state index contributed by atoms with van der Waals surface area (Å²) in [4.78, 5) is 0. The van der Waals surface area contributed by atoms with Crippen LogP contribution in [0.15, 0.2) is 109 Å². The lowest BCUT2D eigenvalue weighted by Crippen LogP contribution is -2.23. The smallest absolute Gasteiger partial charge is 0.0484 e. The van der Waals surface area contributed by atoms with Crippen molar-refractivity contribution in [2.45, 2.75) is 12.3 Å². The lowest BCUT2D eigenvalue weighted by molar-refractivity contribution is 0.717. The number of hydrogen-bond acceptors (Lipinski definition) is 0. The summed E-state index contributed by atoms with van der Waals surface area (Å²) in [6.07, 6.45) is 0. The van der Waals surface area contributed by atoms with Crippen molar-refractivity contribution in [3.63, 3.8) is 0 Å². The van der Waals surface area contributed by atoms with Gasteiger partial charge in [-0.3, -0.25) is 0 Å². The first-order chi connectivity index (χ1) is 15.2. The van der Waals surface area contributed by atoms with Crippen LogP contribution in [-0.4, -0.2) is 0 Å². The van der Waals surface area contributed by atoms with Crippen LogP contribution in [0.1, 0.15) is 23.6 Å². The first-order valence-electron chi connectivity index (χ1n) is 10.7. The molecule has 0 N–H and O–H groups in total. The molecule has 1 aliphatic carbocycles. The summed E-state index contributed by atoms with van der Waals surface area (Å²) < 4.78 is 0. The summed E-state index contributed by atoms with van der Waals surface area (Å²) in [5, 5.41) is 3.33. The molecule has 1 heteroatoms. The minimum Gasteiger partial charge on any atom is -0.0837 e. The fraction of sp³-hybridized carbons (Fsp3) is 0.0667. The van der Waals surface area contributed by atoms with E-state index in [-0.39, 0.29) is 5.41 Å². The fourth-order valence-electron chi connectivity index (χ4n) is 5.30. The predicted molar refractivity (Wildman–Crippen MR) is 132 cm³/mol. The van der Waals surface area contributed by atoms with E-state index < -0.39 is 0 Å². The van der Waals surface area contributed by atoms with Gasteiger partial charge in [0, 0.05) is 16.0 Å². The van der Waals surface area contributed by atoms with E-state index in [2.05, 4.69) is 104 Å². The molecule has 0 bridgehead atoms. The Morgan fingerprint density at radius 3 is 1.61 bits per heavy atom. The van der Waals surface area contributed by atoms with E-state index in [9.17, 15) is 0 Å². The van der Waals surface area contributed by atoms with Gasteiger partial charge >= 0.3 is 0 Å². The van der Waals surface area contributed by atoms with E-state index in [1.54, 1.807) is 0 Å². The molecule has 0 spiro atoms. The van der Waals surface area contributed by atoms with Crippen LogP contribution in [0.3, 0.4) is 0 Å². The average Bonchev–Trinajstić information content (AvgIpc) is 3.07. The largest absolute Gasteiger partial charge is 0.0837 e. The molecule has 1 aliphatic rings. The third kappa shape index (κ3) is 2.62. The second-order valence-corrected chi connectivity index (χ2v) is 8.85. The van der Waals surface area contributed by atoms with Gasteiger partial charge in [0.05, 0.1) is 0 Å². The van der Waals surface area contributed by atoms with Crippen LogP contribution >= 0.6 is 11.6 Å². The molecule has 31 heavy (non-hydrogen) atoms. The van der Waals surface area contributed by atoms with Crippen molar-refractivity contribution in [2.75, 3.05) is 0 Å². The topological polar surface area (TPSA) is 0 Å². The molecule has 1 unspecified atom stereocenters. The van der Waals surface area contributed by atoms with E-state index in [1.165, 1.54) is 44.2 Å². The number of fused-ring (bicyclic) bond motifs is 4. The molecule has 6 rings (SSSR count). The second kappa shape index (κ2) is 6.83. The Balaban J connectivity index is 1.71. The van der Waals surface area contributed by atoms with Gasteiger partial charge in [0.15, 0.2) is 0 Å². The van der Waals surface area contributed by atoms with Crippen molar-refractivity contribution in [1.29, 1.82) is 0 Å². The zero-order valence-corrected chi connectivity index (χ0v) is 18.0. The first kappa shape index (κ1) is 18.4. The van der Waals surface area contributed by atoms with Crippen LogP contribution in [0.4, 0.5) is 0 Å². The molecular formula is C30H21Cl. The Labute approximate surface area is 187 Å². The fourth-order valence-corrected chi connectivity index (χ4v) is 5.54. The zero-order valence-electron chi connectivity index (χ0n) is 17.3. The molecule has 0 nitrogen and oxygen atoms in total. The van der Waals surface area contributed by atoms with Gasteiger partial charge in [0.1, 0.15) is 0 Å². The van der Waals surface area contributed by atoms with Crippen LogP contribution in [-0.2, 0) is 5.41 Å². The standard InChI is InChI=1S/C30H21Cl/c1-30(26-15-7-4-12-22(26)24-14-6-9-17-29(24)31)27-16-8-5-13-23(27)25-18-20-10-2-3-11-21(20)19-28(25)30/h2-19H,1H3. The number of halogens is 1. The maximum absolute atomic E-state index is 6.66. The number of hydrogen-bond donors (Lipinski definition) is 0. The Kier molecular flexibility index (Phi) is 4.06. The molecule has 0 aromatic heterocycles. The van der Waals surface area contributed by atoms with Crippen molar-refractivity contribution in [1.82, 2.24) is 0 Å². The van der Waals surface area contributed by atoms with Gasteiger partial charge in [0.2, 0.25) is 0 Å². The molecule has 0 saturated heterocycles. The summed E-state index contributed by atoms with van der Waals surface area (Å²) in [6, 6.07) is 39.1. The van der Waals surface area contributed by atoms with E-state index in [1.807, 2.05) is 12.1 Å². The highest BCUT2D eigenvalue weighted by molar-refractivity contribution is 6.33. The number of rotatable bonds is 2. The summed E-state index contributed by atoms with van der Waals surface area (Å²) in [5.41, 5.74) is 8.62. The van der Waals surface area contributed by atoms with Crippen molar-refractivity contribution in [3.8, 4) is 22.3 Å². The summed E-state index contributed by atoms with van der Waals surface area (Å²) >= 11 is 6.66. The SMILES string of the molecule is CC1(c2ccccc2-c2ccccc2Cl)c2ccccc2-c2cc3ccccc3cc21. The van der Waals surface area contributed by atoms with Crippen LogP contribution in [0.25, 0.3) is 33.0 Å². The minimum absolute atomic E-state index is 0.272. The molecule has 0 heterocycles. The van der Waals surface area contributed by atoms with E-state index in [0.717, 1.165) is 10.6 Å². The molecule has 5 aromatic rings. The third-order valence-corrected chi connectivity index (χ3v) is 7.14. The molecule has 5 aromatic carbocycles. The van der Waals surface area contributed by atoms with Crippen molar-refractivity contribution in [2.24, 2.45) is 0 Å². The van der Waals surface area contributed by atoms with Crippen molar-refractivity contribution < 1.29 is 0 Å². The average molecular weight is 417 g/mol. The maximum Gasteiger partial charge on any atom is 0.0484 e. The van der Waals surface area contributed by atoms with Gasteiger partial charge < -0.3 is 0 Å². The van der Waals surface area contributed by atoms with Gasteiger partial charge in [-0.05, 0) is 69.3 Å². The van der Waals surface area contributed by atoms with E-state index in [0.29, 0.717) is 0 Å². The molecule has 1 atom stereocenters. The summed E-state index contributed by atoms with van der Waals surface area (Å²) in [7, 11) is 0. The molecule has 148 valence electrons. The van der Waals surface area contributed by atoms with Crippen molar-refractivity contribution in [3.05, 3.63) is 131 Å². The predicted octanol–water partition coefficient (Wildman–Crippen LogP) is 8.49. The molecular weight excluding hydrogens is 396 g/mol. The quantitative estimate of drug-likeness (QED) is 0.270. The number of benzene rings is 5. The third-order valence-electron chi connectivity index (χ3n) is 6.81. The highest BCUT2D eigenvalue weighted by Gasteiger charge is 2.42. The normalized spacial score (nSPS) is 16.8. The van der Waals surface area contributed by atoms with Gasteiger partial charge in [-0.25, -0.2) is 0 Å². The molecule has 0 radical (unpaired) electrons. The second-order valence-electron chi connectivity index (χ2n) is 8.44. The lowest BCUT2D eigenvalue weighted by atomic mass is 9.71. The maximum atomic E-state index is 6.66. The molecule has 0 aliphatic heterocycles. The Morgan fingerprint density at radius 2 is 0.968 bits per heavy atom. The Bertz CT molecular complexity index is 1460. The highest BCUT2D eigenvalue weighted by Crippen LogP contribution is 2.55. The lowest BCUT2D eigenvalue weighted by Gasteiger charge is -2.31. The van der Waals surface area contributed by atoms with Gasteiger partial charge in [-0.1, -0.05) is 103 Å². The first-order valence-corrected chi connectivity index (χ1v) is 11.0. The molecule has 0 fully saturated rings. The van der Waals surface area contributed by atoms with Gasteiger partial charge in [-0.15, -0.1) is 0 Å².